The lowest BCUT2D eigenvalue weighted by molar-refractivity contribution is -0.385. The van der Waals surface area contributed by atoms with Crippen LogP contribution >= 0.6 is 0 Å². The van der Waals surface area contributed by atoms with Crippen LogP contribution in [0.1, 0.15) is 17.3 Å². The molecule has 0 radical (unpaired) electrons. The number of nitro groups is 1. The Balaban J connectivity index is 1.82. The van der Waals surface area contributed by atoms with E-state index in [0.717, 1.165) is 10.3 Å². The van der Waals surface area contributed by atoms with Crippen LogP contribution < -0.4 is 21.0 Å². The Kier molecular flexibility index (Phi) is 5.04. The van der Waals surface area contributed by atoms with E-state index < -0.39 is 4.92 Å². The third-order valence-electron chi connectivity index (χ3n) is 5.03. The van der Waals surface area contributed by atoms with Crippen LogP contribution in [0, 0.1) is 10.1 Å². The molecule has 3 rings (SSSR count). The van der Waals surface area contributed by atoms with Crippen LogP contribution in [0.25, 0.3) is 0 Å². The van der Waals surface area contributed by atoms with Crippen molar-refractivity contribution >= 4 is 23.0 Å². The van der Waals surface area contributed by atoms with E-state index in [1.807, 2.05) is 9.80 Å². The number of anilines is 2. The van der Waals surface area contributed by atoms with Gasteiger partial charge in [-0.05, 0) is 19.1 Å². The Bertz CT molecular complexity index is 1060. The zero-order chi connectivity index (χ0) is 20.6. The van der Waals surface area contributed by atoms with E-state index in [2.05, 4.69) is 0 Å². The van der Waals surface area contributed by atoms with Crippen molar-refractivity contribution in [3.63, 3.8) is 0 Å². The zero-order valence-electron chi connectivity index (χ0n) is 15.9. The lowest BCUT2D eigenvalue weighted by Gasteiger charge is -2.37. The second kappa shape index (κ2) is 7.29. The van der Waals surface area contributed by atoms with Crippen molar-refractivity contribution in [3.05, 3.63) is 60.8 Å². The number of Topliss-reactive ketones (excluding diaryl/α,β-unsaturated/α-hetero) is 1. The quantitative estimate of drug-likeness (QED) is 0.427. The van der Waals surface area contributed by atoms with Crippen molar-refractivity contribution < 1.29 is 9.72 Å². The number of benzene rings is 1. The summed E-state index contributed by atoms with van der Waals surface area (Å²) in [6, 6.07) is 5.97. The first-order valence-electron chi connectivity index (χ1n) is 8.77. The highest BCUT2D eigenvalue weighted by atomic mass is 16.6. The normalized spacial score (nSPS) is 14.2. The van der Waals surface area contributed by atoms with Crippen molar-refractivity contribution in [1.82, 2.24) is 9.13 Å². The highest BCUT2D eigenvalue weighted by Gasteiger charge is 2.23. The van der Waals surface area contributed by atoms with Gasteiger partial charge in [0, 0.05) is 58.1 Å². The molecule has 0 N–H and O–H groups in total. The number of aromatic nitrogens is 2. The van der Waals surface area contributed by atoms with Crippen LogP contribution in [0.4, 0.5) is 17.2 Å². The maximum Gasteiger partial charge on any atom is 0.332 e. The summed E-state index contributed by atoms with van der Waals surface area (Å²) >= 11 is 0. The molecule has 10 nitrogen and oxygen atoms in total. The van der Waals surface area contributed by atoms with Crippen LogP contribution in [-0.2, 0) is 14.1 Å². The molecular formula is C18H21N5O5. The molecule has 28 heavy (non-hydrogen) atoms. The van der Waals surface area contributed by atoms with Gasteiger partial charge in [0.25, 0.3) is 11.2 Å². The molecule has 1 aromatic heterocycles. The molecular weight excluding hydrogens is 366 g/mol. The average molecular weight is 387 g/mol. The van der Waals surface area contributed by atoms with Crippen LogP contribution in [0.5, 0.6) is 0 Å². The van der Waals surface area contributed by atoms with Gasteiger partial charge >= 0.3 is 5.69 Å². The van der Waals surface area contributed by atoms with Crippen molar-refractivity contribution in [2.24, 2.45) is 14.1 Å². The lowest BCUT2D eigenvalue weighted by atomic mass is 10.1. The van der Waals surface area contributed by atoms with Crippen molar-refractivity contribution in [2.75, 3.05) is 36.0 Å². The van der Waals surface area contributed by atoms with Gasteiger partial charge in [0.05, 0.1) is 10.5 Å². The number of hydrogen-bond acceptors (Lipinski definition) is 7. The van der Waals surface area contributed by atoms with E-state index in [1.165, 1.54) is 30.7 Å². The maximum atomic E-state index is 12.1. The fourth-order valence-corrected chi connectivity index (χ4v) is 3.38. The molecule has 0 saturated carbocycles. The molecule has 1 aromatic carbocycles. The summed E-state index contributed by atoms with van der Waals surface area (Å²) in [5.41, 5.74) is -0.134. The van der Waals surface area contributed by atoms with E-state index in [0.29, 0.717) is 32.0 Å². The average Bonchev–Trinajstić information content (AvgIpc) is 2.68. The minimum Gasteiger partial charge on any atom is -0.368 e. The summed E-state index contributed by atoms with van der Waals surface area (Å²) in [6.45, 7) is 3.59. The van der Waals surface area contributed by atoms with Gasteiger partial charge in [-0.2, -0.15) is 0 Å². The van der Waals surface area contributed by atoms with Gasteiger partial charge in [0.1, 0.15) is 5.82 Å². The standard InChI is InChI=1S/C18H21N5O5/c1-12(24)14-10-13(4-5-15(14)23(27)28)21-6-8-22(9-7-21)16-11-17(25)20(3)18(26)19(16)2/h4-5,10-11H,6-9H2,1-3H3. The molecule has 2 heterocycles. The monoisotopic (exact) mass is 387 g/mol. The predicted molar refractivity (Wildman–Crippen MR) is 104 cm³/mol. The SMILES string of the molecule is CC(=O)c1cc(N2CCN(c3cc(=O)n(C)c(=O)n3C)CC2)ccc1[N+](=O)[O-]. The van der Waals surface area contributed by atoms with E-state index in [1.54, 1.807) is 19.2 Å². The number of nitrogens with zero attached hydrogens (tertiary/aromatic N) is 5. The van der Waals surface area contributed by atoms with Gasteiger partial charge in [-0.3, -0.25) is 28.8 Å². The Morgan fingerprint density at radius 3 is 2.18 bits per heavy atom. The smallest absolute Gasteiger partial charge is 0.332 e. The molecule has 10 heteroatoms. The number of ketones is 1. The molecule has 148 valence electrons. The molecule has 0 amide bonds. The van der Waals surface area contributed by atoms with Crippen LogP contribution in [0.15, 0.2) is 33.9 Å². The van der Waals surface area contributed by atoms with Gasteiger partial charge < -0.3 is 9.80 Å². The zero-order valence-corrected chi connectivity index (χ0v) is 15.9. The summed E-state index contributed by atoms with van der Waals surface area (Å²) in [4.78, 5) is 50.4. The van der Waals surface area contributed by atoms with Crippen molar-refractivity contribution in [2.45, 2.75) is 6.92 Å². The topological polar surface area (TPSA) is 111 Å². The number of carbonyl (C=O) groups is 1. The van der Waals surface area contributed by atoms with Gasteiger partial charge in [-0.25, -0.2) is 4.79 Å². The minimum atomic E-state index is -0.561. The van der Waals surface area contributed by atoms with E-state index in [9.17, 15) is 24.5 Å². The number of rotatable bonds is 4. The second-order valence-electron chi connectivity index (χ2n) is 6.73. The molecule has 0 atom stereocenters. The van der Waals surface area contributed by atoms with Crippen LogP contribution in [-0.4, -0.2) is 46.0 Å². The molecule has 2 aromatic rings. The molecule has 1 saturated heterocycles. The van der Waals surface area contributed by atoms with Gasteiger partial charge in [-0.15, -0.1) is 0 Å². The number of nitro benzene ring substituents is 1. The summed E-state index contributed by atoms with van der Waals surface area (Å²) in [5.74, 6) is 0.197. The summed E-state index contributed by atoms with van der Waals surface area (Å²) in [6.07, 6.45) is 0. The Labute approximate surface area is 160 Å². The number of piperazine rings is 1. The predicted octanol–water partition coefficient (Wildman–Crippen LogP) is 0.521. The molecule has 0 spiro atoms. The third-order valence-corrected chi connectivity index (χ3v) is 5.03. The van der Waals surface area contributed by atoms with Crippen LogP contribution in [0.2, 0.25) is 0 Å². The maximum absolute atomic E-state index is 12.1. The highest BCUT2D eigenvalue weighted by Crippen LogP contribution is 2.26. The van der Waals surface area contributed by atoms with E-state index in [4.69, 9.17) is 0 Å². The first-order chi connectivity index (χ1) is 13.2. The van der Waals surface area contributed by atoms with Crippen molar-refractivity contribution in [1.29, 1.82) is 0 Å². The summed E-state index contributed by atoms with van der Waals surface area (Å²) < 4.78 is 2.50. The molecule has 0 unspecified atom stereocenters. The molecule has 1 aliphatic rings. The Hall–Kier alpha value is -3.43. The fraction of sp³-hybridized carbons (Fsp3) is 0.389. The van der Waals surface area contributed by atoms with Crippen LogP contribution in [0.3, 0.4) is 0 Å². The van der Waals surface area contributed by atoms with Gasteiger partial charge in [0.2, 0.25) is 0 Å². The Morgan fingerprint density at radius 1 is 1.00 bits per heavy atom. The number of carbonyl (C=O) groups excluding carboxylic acids is 1. The summed E-state index contributed by atoms with van der Waals surface area (Å²) in [7, 11) is 3.06. The molecule has 0 aliphatic carbocycles. The first-order valence-corrected chi connectivity index (χ1v) is 8.77. The highest BCUT2D eigenvalue weighted by molar-refractivity contribution is 5.99. The van der Waals surface area contributed by atoms with Crippen molar-refractivity contribution in [3.8, 4) is 0 Å². The molecule has 0 bridgehead atoms. The Morgan fingerprint density at radius 2 is 1.61 bits per heavy atom. The number of hydrogen-bond donors (Lipinski definition) is 0. The molecule has 1 fully saturated rings. The van der Waals surface area contributed by atoms with E-state index >= 15 is 0 Å². The largest absolute Gasteiger partial charge is 0.368 e. The first kappa shape index (κ1) is 19.3. The third kappa shape index (κ3) is 3.40. The van der Waals surface area contributed by atoms with Gasteiger partial charge in [-0.1, -0.05) is 0 Å². The second-order valence-corrected chi connectivity index (χ2v) is 6.73. The fourth-order valence-electron chi connectivity index (χ4n) is 3.38. The van der Waals surface area contributed by atoms with Gasteiger partial charge in [0.15, 0.2) is 5.78 Å². The molecule has 1 aliphatic heterocycles. The summed E-state index contributed by atoms with van der Waals surface area (Å²) in [5, 5.41) is 11.1. The lowest BCUT2D eigenvalue weighted by Crippen LogP contribution is -2.49. The van der Waals surface area contributed by atoms with E-state index in [-0.39, 0.29) is 28.3 Å². The minimum absolute atomic E-state index is 0.0823.